The number of hydrogen-bond acceptors (Lipinski definition) is 6. The molecule has 1 aromatic heterocycles. The number of para-hydroxylation sites is 2. The lowest BCUT2D eigenvalue weighted by molar-refractivity contribution is -0.274. The van der Waals surface area contributed by atoms with Crippen LogP contribution < -0.4 is 10.1 Å². The van der Waals surface area contributed by atoms with Gasteiger partial charge in [0.25, 0.3) is 0 Å². The van der Waals surface area contributed by atoms with Crippen molar-refractivity contribution in [2.75, 3.05) is 5.32 Å². The quantitative estimate of drug-likeness (QED) is 0.353. The maximum Gasteiger partial charge on any atom is 0.573 e. The fourth-order valence-corrected chi connectivity index (χ4v) is 3.73. The van der Waals surface area contributed by atoms with E-state index < -0.39 is 28.0 Å². The van der Waals surface area contributed by atoms with Crippen LogP contribution in [-0.4, -0.2) is 24.7 Å². The summed E-state index contributed by atoms with van der Waals surface area (Å²) in [4.78, 5) is 8.34. The van der Waals surface area contributed by atoms with E-state index in [2.05, 4.69) is 24.7 Å². The van der Waals surface area contributed by atoms with Crippen molar-refractivity contribution in [2.24, 2.45) is 0 Å². The zero-order chi connectivity index (χ0) is 23.6. The number of hydrogen-bond donors (Lipinski definition) is 1. The minimum absolute atomic E-state index is 0.0520. The molecule has 0 unspecified atom stereocenters. The molecule has 0 spiro atoms. The van der Waals surface area contributed by atoms with Gasteiger partial charge in [-0.2, -0.15) is 0 Å². The number of rotatable bonds is 6. The fraction of sp³-hybridized carbons (Fsp3) is 0.0476. The Morgan fingerprint density at radius 2 is 1.45 bits per heavy atom. The van der Waals surface area contributed by atoms with Gasteiger partial charge < -0.3 is 19.8 Å². The zero-order valence-corrected chi connectivity index (χ0v) is 17.2. The van der Waals surface area contributed by atoms with Gasteiger partial charge in [-0.15, -0.1) is 13.2 Å². The summed E-state index contributed by atoms with van der Waals surface area (Å²) < 4.78 is 83.3. The second-order valence-corrected chi connectivity index (χ2v) is 8.21. The summed E-state index contributed by atoms with van der Waals surface area (Å²) in [6.07, 6.45) is -4.83. The molecule has 12 heteroatoms. The van der Waals surface area contributed by atoms with Crippen LogP contribution in [0.15, 0.2) is 77.7 Å². The number of alkyl halides is 3. The molecule has 4 aromatic rings. The molecule has 0 amide bonds. The highest BCUT2D eigenvalue weighted by atomic mass is 32.2. The lowest BCUT2D eigenvalue weighted by Gasteiger charge is -2.21. The summed E-state index contributed by atoms with van der Waals surface area (Å²) in [5.74, 6) is -1.38. The number of fused-ring (bicyclic) bond motifs is 1. The molecule has 0 aliphatic carbocycles. The molecule has 33 heavy (non-hydrogen) atoms. The van der Waals surface area contributed by atoms with E-state index in [1.165, 1.54) is 12.1 Å². The van der Waals surface area contributed by atoms with E-state index in [0.29, 0.717) is 11.0 Å². The van der Waals surface area contributed by atoms with Gasteiger partial charge in [-0.1, -0.05) is 18.2 Å². The average molecular weight is 477 g/mol. The van der Waals surface area contributed by atoms with Crippen LogP contribution >= 0.6 is 0 Å². The number of anilines is 2. The van der Waals surface area contributed by atoms with Gasteiger partial charge >= 0.3 is 6.36 Å². The van der Waals surface area contributed by atoms with Crippen molar-refractivity contribution in [3.8, 4) is 5.75 Å². The highest BCUT2D eigenvalue weighted by Crippen LogP contribution is 2.35. The van der Waals surface area contributed by atoms with Gasteiger partial charge in [0.15, 0.2) is 0 Å². The molecule has 4 rings (SSSR count). The summed E-state index contributed by atoms with van der Waals surface area (Å²) in [6.45, 7) is 0. The molecule has 0 saturated heterocycles. The summed E-state index contributed by atoms with van der Waals surface area (Å²) in [6, 6.07) is 15.5. The maximum atomic E-state index is 13.2. The van der Waals surface area contributed by atoms with Crippen LogP contribution in [0, 0.1) is 5.82 Å². The summed E-state index contributed by atoms with van der Waals surface area (Å²) in [5, 5.41) is 2.81. The Balaban J connectivity index is 1.68. The molecule has 0 fully saturated rings. The number of benzene rings is 3. The van der Waals surface area contributed by atoms with Crippen molar-refractivity contribution in [3.63, 3.8) is 0 Å². The van der Waals surface area contributed by atoms with E-state index in [1.54, 1.807) is 24.3 Å². The maximum absolute atomic E-state index is 13.2. The standard InChI is InChI=1S/C21H13F4N4O3S/c22-13-5-11-16(12-6-13)33(30,31)29-20-19(27-17-3-1-2-4-18(17)28-20)26-14-7-9-15(10-8-14)32-21(23,24)25/h1-12H,(H-,26,27,28,29)/q-1. The Hall–Kier alpha value is -3.93. The molecule has 0 atom stereocenters. The molecule has 170 valence electrons. The van der Waals surface area contributed by atoms with Gasteiger partial charge in [0.2, 0.25) is 10.0 Å². The molecule has 0 bridgehead atoms. The molecule has 7 nitrogen and oxygen atoms in total. The number of sulfonamides is 1. The van der Waals surface area contributed by atoms with Gasteiger partial charge in [-0.05, 0) is 65.9 Å². The molecule has 3 aromatic carbocycles. The predicted octanol–water partition coefficient (Wildman–Crippen LogP) is 5.81. The summed E-state index contributed by atoms with van der Waals surface area (Å²) in [7, 11) is -4.27. The van der Waals surface area contributed by atoms with E-state index >= 15 is 0 Å². The van der Waals surface area contributed by atoms with Gasteiger partial charge in [0.05, 0.1) is 10.4 Å². The molecule has 0 aliphatic heterocycles. The normalized spacial score (nSPS) is 11.9. The predicted molar refractivity (Wildman–Crippen MR) is 113 cm³/mol. The first kappa shape index (κ1) is 22.3. The highest BCUT2D eigenvalue weighted by molar-refractivity contribution is 7.94. The number of nitrogens with one attached hydrogen (secondary N) is 1. The largest absolute Gasteiger partial charge is 0.573 e. The third kappa shape index (κ3) is 5.47. The lowest BCUT2D eigenvalue weighted by atomic mass is 10.3. The first-order chi connectivity index (χ1) is 15.6. The van der Waals surface area contributed by atoms with Crippen molar-refractivity contribution in [1.29, 1.82) is 0 Å². The fourth-order valence-electron chi connectivity index (χ4n) is 2.79. The van der Waals surface area contributed by atoms with Crippen LogP contribution in [0.5, 0.6) is 5.75 Å². The summed E-state index contributed by atoms with van der Waals surface area (Å²) >= 11 is 0. The first-order valence-corrected chi connectivity index (χ1v) is 10.7. The van der Waals surface area contributed by atoms with Gasteiger partial charge in [-0.3, -0.25) is 0 Å². The number of aromatic nitrogens is 2. The topological polar surface area (TPSA) is 95.3 Å². The summed E-state index contributed by atoms with van der Waals surface area (Å²) in [5.41, 5.74) is 1.07. The third-order valence-electron chi connectivity index (χ3n) is 4.22. The van der Waals surface area contributed by atoms with Crippen LogP contribution in [0.3, 0.4) is 0 Å². The van der Waals surface area contributed by atoms with E-state index in [4.69, 9.17) is 0 Å². The van der Waals surface area contributed by atoms with Crippen molar-refractivity contribution in [2.45, 2.75) is 11.3 Å². The minimum atomic E-state index is -4.83. The number of halogens is 4. The SMILES string of the molecule is O=S(=O)([N-]c1nc2ccccc2nc1Nc1ccc(OC(F)(F)F)cc1)c1ccc(F)cc1. The first-order valence-electron chi connectivity index (χ1n) is 9.22. The minimum Gasteiger partial charge on any atom is -0.431 e. The van der Waals surface area contributed by atoms with Gasteiger partial charge in [0, 0.05) is 5.69 Å². The van der Waals surface area contributed by atoms with Crippen molar-refractivity contribution < 1.29 is 30.7 Å². The van der Waals surface area contributed by atoms with E-state index in [-0.39, 0.29) is 22.2 Å². The third-order valence-corrected chi connectivity index (χ3v) is 5.50. The Bertz CT molecular complexity index is 1390. The highest BCUT2D eigenvalue weighted by Gasteiger charge is 2.30. The zero-order valence-electron chi connectivity index (χ0n) is 16.4. The van der Waals surface area contributed by atoms with Crippen LogP contribution in [-0.2, 0) is 10.0 Å². The van der Waals surface area contributed by atoms with Crippen LogP contribution in [0.2, 0.25) is 0 Å². The van der Waals surface area contributed by atoms with Gasteiger partial charge in [-0.25, -0.2) is 17.8 Å². The number of ether oxygens (including phenoxy) is 1. The molecule has 0 radical (unpaired) electrons. The van der Waals surface area contributed by atoms with E-state index in [1.807, 2.05) is 0 Å². The smallest absolute Gasteiger partial charge is 0.431 e. The van der Waals surface area contributed by atoms with Gasteiger partial charge in [0.1, 0.15) is 17.4 Å². The van der Waals surface area contributed by atoms with Crippen LogP contribution in [0.4, 0.5) is 34.9 Å². The number of nitrogens with zero attached hydrogens (tertiary/aromatic N) is 3. The van der Waals surface area contributed by atoms with Crippen molar-refractivity contribution in [1.82, 2.24) is 9.97 Å². The molecule has 0 aliphatic rings. The van der Waals surface area contributed by atoms with Crippen LogP contribution in [0.1, 0.15) is 0 Å². The van der Waals surface area contributed by atoms with E-state index in [0.717, 1.165) is 36.4 Å². The van der Waals surface area contributed by atoms with Crippen molar-refractivity contribution >= 4 is 38.4 Å². The van der Waals surface area contributed by atoms with E-state index in [9.17, 15) is 26.0 Å². The Morgan fingerprint density at radius 3 is 2.06 bits per heavy atom. The molecular formula is C21H13F4N4O3S-. The second-order valence-electron chi connectivity index (χ2n) is 6.60. The molecular weight excluding hydrogens is 464 g/mol. The molecule has 0 saturated carbocycles. The Kier molecular flexibility index (Phi) is 5.77. The monoisotopic (exact) mass is 477 g/mol. The molecule has 1 heterocycles. The molecule has 1 N–H and O–H groups in total. The van der Waals surface area contributed by atoms with Crippen molar-refractivity contribution in [3.05, 3.63) is 83.3 Å². The average Bonchev–Trinajstić information content (AvgIpc) is 2.74. The Morgan fingerprint density at radius 1 is 0.848 bits per heavy atom. The van der Waals surface area contributed by atoms with Crippen LogP contribution in [0.25, 0.3) is 15.8 Å². The Labute approximate surface area is 185 Å². The second kappa shape index (κ2) is 8.54. The lowest BCUT2D eigenvalue weighted by Crippen LogP contribution is -2.16.